The highest BCUT2D eigenvalue weighted by Crippen LogP contribution is 2.55. The molecule has 0 atom stereocenters. The molecule has 0 unspecified atom stereocenters. The quantitative estimate of drug-likeness (QED) is 0.370. The third kappa shape index (κ3) is 4.93. The van der Waals surface area contributed by atoms with E-state index in [-0.39, 0.29) is 22.4 Å². The number of nitrogens with zero attached hydrogens (tertiary/aromatic N) is 1. The lowest BCUT2D eigenvalue weighted by Crippen LogP contribution is -2.44. The van der Waals surface area contributed by atoms with Crippen molar-refractivity contribution in [3.05, 3.63) is 71.1 Å². The summed E-state index contributed by atoms with van der Waals surface area (Å²) >= 11 is 0. The highest BCUT2D eigenvalue weighted by Gasteiger charge is 2.48. The SMILES string of the molecule is C=CCOc1c(CC=C)cc(C2C3=C(CC(C)(C)CC3=O)N(CC)C3=C2C(=O)CC(C)(C)C3)cc1OC. The Bertz CT molecular complexity index is 1160. The molecule has 0 radical (unpaired) electrons. The number of benzene rings is 1. The molecule has 0 spiro atoms. The van der Waals surface area contributed by atoms with Crippen LogP contribution in [-0.2, 0) is 16.0 Å². The second kappa shape index (κ2) is 10.00. The van der Waals surface area contributed by atoms with Gasteiger partial charge < -0.3 is 14.4 Å². The number of hydrogen-bond acceptors (Lipinski definition) is 5. The molecule has 2 aliphatic carbocycles. The first-order valence-electron chi connectivity index (χ1n) is 13.3. The number of rotatable bonds is 8. The Kier molecular flexibility index (Phi) is 7.29. The molecule has 0 saturated carbocycles. The van der Waals surface area contributed by atoms with Gasteiger partial charge in [-0.2, -0.15) is 0 Å². The number of allylic oxidation sites excluding steroid dienone is 5. The minimum Gasteiger partial charge on any atom is -0.493 e. The summed E-state index contributed by atoms with van der Waals surface area (Å²) in [7, 11) is 1.62. The van der Waals surface area contributed by atoms with Crippen molar-refractivity contribution < 1.29 is 19.1 Å². The van der Waals surface area contributed by atoms with Gasteiger partial charge >= 0.3 is 0 Å². The van der Waals surface area contributed by atoms with Crippen LogP contribution in [0.5, 0.6) is 11.5 Å². The molecular formula is C32H41NO4. The first-order chi connectivity index (χ1) is 17.5. The maximum absolute atomic E-state index is 13.9. The summed E-state index contributed by atoms with van der Waals surface area (Å²) in [5, 5.41) is 0. The number of methoxy groups -OCH3 is 1. The fraction of sp³-hybridized carbons (Fsp3) is 0.500. The molecule has 0 bridgehead atoms. The molecule has 0 fully saturated rings. The van der Waals surface area contributed by atoms with Gasteiger partial charge in [-0.15, -0.1) is 6.58 Å². The van der Waals surface area contributed by atoms with Crippen LogP contribution in [0.25, 0.3) is 0 Å². The number of ketones is 2. The van der Waals surface area contributed by atoms with Crippen LogP contribution in [0.1, 0.15) is 77.3 Å². The van der Waals surface area contributed by atoms with Crippen LogP contribution >= 0.6 is 0 Å². The van der Waals surface area contributed by atoms with Crippen molar-refractivity contribution in [2.75, 3.05) is 20.3 Å². The molecule has 0 aromatic heterocycles. The van der Waals surface area contributed by atoms with Crippen molar-refractivity contribution >= 4 is 11.6 Å². The highest BCUT2D eigenvalue weighted by atomic mass is 16.5. The van der Waals surface area contributed by atoms with E-state index in [9.17, 15) is 9.59 Å². The molecule has 37 heavy (non-hydrogen) atoms. The minimum atomic E-state index is -0.411. The summed E-state index contributed by atoms with van der Waals surface area (Å²) in [5.74, 6) is 1.09. The molecule has 1 aliphatic heterocycles. The Balaban J connectivity index is 2.01. The Morgan fingerprint density at radius 3 is 1.97 bits per heavy atom. The molecule has 1 aromatic carbocycles. The smallest absolute Gasteiger partial charge is 0.165 e. The summed E-state index contributed by atoms with van der Waals surface area (Å²) in [6, 6.07) is 4.02. The van der Waals surface area contributed by atoms with Gasteiger partial charge in [-0.3, -0.25) is 9.59 Å². The van der Waals surface area contributed by atoms with E-state index in [1.54, 1.807) is 13.2 Å². The molecule has 1 aromatic rings. The van der Waals surface area contributed by atoms with Crippen molar-refractivity contribution in [3.8, 4) is 11.5 Å². The molecule has 4 rings (SSSR count). The van der Waals surface area contributed by atoms with E-state index < -0.39 is 5.92 Å². The molecule has 0 amide bonds. The first kappa shape index (κ1) is 27.0. The van der Waals surface area contributed by atoms with Gasteiger partial charge in [0.2, 0.25) is 0 Å². The molecule has 0 saturated heterocycles. The van der Waals surface area contributed by atoms with Crippen LogP contribution in [0.2, 0.25) is 0 Å². The zero-order valence-electron chi connectivity index (χ0n) is 23.3. The van der Waals surface area contributed by atoms with Crippen molar-refractivity contribution in [2.24, 2.45) is 10.8 Å². The van der Waals surface area contributed by atoms with Gasteiger partial charge in [-0.1, -0.05) is 52.5 Å². The van der Waals surface area contributed by atoms with Crippen molar-refractivity contribution in [3.63, 3.8) is 0 Å². The Morgan fingerprint density at radius 1 is 0.946 bits per heavy atom. The van der Waals surface area contributed by atoms with Gasteiger partial charge in [0.15, 0.2) is 23.1 Å². The van der Waals surface area contributed by atoms with E-state index in [4.69, 9.17) is 9.47 Å². The third-order valence-corrected chi connectivity index (χ3v) is 7.76. The number of carbonyl (C=O) groups is 2. The number of hydrogen-bond donors (Lipinski definition) is 0. The van der Waals surface area contributed by atoms with E-state index >= 15 is 0 Å². The van der Waals surface area contributed by atoms with Crippen LogP contribution in [0.15, 0.2) is 60.0 Å². The monoisotopic (exact) mass is 503 g/mol. The summed E-state index contributed by atoms with van der Waals surface area (Å²) in [5.41, 5.74) is 5.27. The van der Waals surface area contributed by atoms with Crippen LogP contribution in [0, 0.1) is 10.8 Å². The fourth-order valence-electron chi connectivity index (χ4n) is 6.38. The maximum Gasteiger partial charge on any atom is 0.165 e. The summed E-state index contributed by atoms with van der Waals surface area (Å²) in [6.45, 7) is 19.5. The van der Waals surface area contributed by atoms with Crippen molar-refractivity contribution in [1.29, 1.82) is 0 Å². The first-order valence-corrected chi connectivity index (χ1v) is 13.3. The lowest BCUT2D eigenvalue weighted by atomic mass is 9.63. The topological polar surface area (TPSA) is 55.8 Å². The van der Waals surface area contributed by atoms with Gasteiger partial charge in [-0.25, -0.2) is 0 Å². The Hall–Kier alpha value is -3.08. The highest BCUT2D eigenvalue weighted by molar-refractivity contribution is 6.06. The fourth-order valence-corrected chi connectivity index (χ4v) is 6.38. The summed E-state index contributed by atoms with van der Waals surface area (Å²) in [6.07, 6.45) is 6.66. The average molecular weight is 504 g/mol. The van der Waals surface area contributed by atoms with Gasteiger partial charge in [0.05, 0.1) is 7.11 Å². The summed E-state index contributed by atoms with van der Waals surface area (Å²) < 4.78 is 11.8. The number of Topliss-reactive ketones (excluding diaryl/α,β-unsaturated/α-hetero) is 2. The molecule has 3 aliphatic rings. The van der Waals surface area contributed by atoms with Gasteiger partial charge in [0.25, 0.3) is 0 Å². The maximum atomic E-state index is 13.9. The van der Waals surface area contributed by atoms with Crippen LogP contribution < -0.4 is 9.47 Å². The largest absolute Gasteiger partial charge is 0.493 e. The van der Waals surface area contributed by atoms with E-state index in [1.165, 1.54) is 0 Å². The lowest BCUT2D eigenvalue weighted by Gasteiger charge is -2.49. The van der Waals surface area contributed by atoms with E-state index in [0.29, 0.717) is 37.4 Å². The predicted octanol–water partition coefficient (Wildman–Crippen LogP) is 6.69. The van der Waals surface area contributed by atoms with E-state index in [1.807, 2.05) is 12.1 Å². The standard InChI is InChI=1S/C32H41NO4/c1-9-12-20-14-21(15-26(36-8)30(20)37-13-10-2)27-28-22(16-31(4,5)18-24(28)34)33(11-3)23-17-32(6,7)19-25(35)29(23)27/h9-10,14-15,27H,1-2,11-13,16-19H2,3-8H3. The zero-order chi connectivity index (χ0) is 27.1. The molecular weight excluding hydrogens is 462 g/mol. The molecule has 5 nitrogen and oxygen atoms in total. The molecule has 0 N–H and O–H groups in total. The van der Waals surface area contributed by atoms with E-state index in [0.717, 1.165) is 53.1 Å². The van der Waals surface area contributed by atoms with Crippen LogP contribution in [0.3, 0.4) is 0 Å². The lowest BCUT2D eigenvalue weighted by molar-refractivity contribution is -0.119. The van der Waals surface area contributed by atoms with Crippen molar-refractivity contribution in [2.45, 2.75) is 72.6 Å². The molecule has 1 heterocycles. The van der Waals surface area contributed by atoms with E-state index in [2.05, 4.69) is 58.7 Å². The van der Waals surface area contributed by atoms with Gasteiger partial charge in [-0.05, 0) is 48.6 Å². The zero-order valence-corrected chi connectivity index (χ0v) is 23.3. The second-order valence-corrected chi connectivity index (χ2v) is 12.1. The third-order valence-electron chi connectivity index (χ3n) is 7.76. The normalized spacial score (nSPS) is 21.0. The van der Waals surface area contributed by atoms with Crippen molar-refractivity contribution in [1.82, 2.24) is 4.90 Å². The number of ether oxygens (including phenoxy) is 2. The van der Waals surface area contributed by atoms with Gasteiger partial charge in [0, 0.05) is 53.4 Å². The average Bonchev–Trinajstić information content (AvgIpc) is 2.80. The number of carbonyl (C=O) groups excluding carboxylic acids is 2. The predicted molar refractivity (Wildman–Crippen MR) is 148 cm³/mol. The molecule has 5 heteroatoms. The van der Waals surface area contributed by atoms with Gasteiger partial charge in [0.1, 0.15) is 6.61 Å². The Labute approximate surface area is 221 Å². The Morgan fingerprint density at radius 2 is 1.51 bits per heavy atom. The molecule has 198 valence electrons. The second-order valence-electron chi connectivity index (χ2n) is 12.1. The summed E-state index contributed by atoms with van der Waals surface area (Å²) in [4.78, 5) is 30.0. The van der Waals surface area contributed by atoms with Crippen LogP contribution in [-0.4, -0.2) is 36.7 Å². The van der Waals surface area contributed by atoms with Crippen LogP contribution in [0.4, 0.5) is 0 Å². The minimum absolute atomic E-state index is 0.131.